The van der Waals surface area contributed by atoms with Crippen LogP contribution in [-0.4, -0.2) is 25.2 Å². The number of nitrogens with one attached hydrogen (secondary N) is 1. The molecule has 2 aromatic carbocycles. The molecule has 1 atom stereocenters. The lowest BCUT2D eigenvalue weighted by Crippen LogP contribution is -2.03. The summed E-state index contributed by atoms with van der Waals surface area (Å²) in [5, 5.41) is 14.0. The molecule has 6 nitrogen and oxygen atoms in total. The molecule has 2 N–H and O–H groups in total. The fraction of sp³-hybridized carbons (Fsp3) is 0.500. The number of nitrogens with zero attached hydrogens (tertiary/aromatic N) is 1. The molecule has 148 valence electrons. The number of anilines is 1. The molecule has 0 fully saturated rings. The van der Waals surface area contributed by atoms with E-state index in [0.29, 0.717) is 33.9 Å². The van der Waals surface area contributed by atoms with E-state index in [1.54, 1.807) is 26.4 Å². The third-order valence-electron chi connectivity index (χ3n) is 4.58. The van der Waals surface area contributed by atoms with Crippen LogP contribution in [0, 0.1) is 10.8 Å². The van der Waals surface area contributed by atoms with Gasteiger partial charge in [-0.3, -0.25) is 10.7 Å². The van der Waals surface area contributed by atoms with Gasteiger partial charge in [-0.2, -0.15) is 11.8 Å². The van der Waals surface area contributed by atoms with Crippen molar-refractivity contribution in [3.8, 4) is 11.5 Å². The smallest absolute Gasteiger partial charge is 0.133 e. The zero-order chi connectivity index (χ0) is 20.0. The van der Waals surface area contributed by atoms with Gasteiger partial charge < -0.3 is 9.47 Å². The van der Waals surface area contributed by atoms with Gasteiger partial charge in [0.1, 0.15) is 17.2 Å². The zero-order valence-corrected chi connectivity index (χ0v) is 17.4. The molecule has 0 aromatic heterocycles. The highest BCUT2D eigenvalue weighted by molar-refractivity contribution is 7.99. The van der Waals surface area contributed by atoms with Crippen LogP contribution in [-0.2, 0) is 0 Å². The second-order valence-electron chi connectivity index (χ2n) is 6.74. The lowest BCUT2D eigenvalue weighted by atomic mass is 9.98. The molecule has 7 heteroatoms. The molecule has 27 heavy (non-hydrogen) atoms. The van der Waals surface area contributed by atoms with Gasteiger partial charge in [-0.15, -0.1) is 4.91 Å². The fourth-order valence-electron chi connectivity index (χ4n) is 3.16. The minimum absolute atomic E-state index is 0.197. The number of methoxy groups -OCH3 is 2. The Labute approximate surface area is 164 Å². The quantitative estimate of drug-likeness (QED) is 0.365. The maximum atomic E-state index is 11.5. The maximum absolute atomic E-state index is 11.5. The Morgan fingerprint density at radius 2 is 1.96 bits per heavy atom. The normalized spacial score (nSPS) is 12.3. The van der Waals surface area contributed by atoms with Crippen LogP contribution in [0.4, 0.5) is 11.4 Å². The molecule has 0 spiro atoms. The number of fused-ring (bicyclic) bond motifs is 1. The van der Waals surface area contributed by atoms with E-state index in [0.717, 1.165) is 24.2 Å². The molecule has 0 saturated carbocycles. The maximum Gasteiger partial charge on any atom is 0.133 e. The summed E-state index contributed by atoms with van der Waals surface area (Å²) < 4.78 is 11.3. The topological polar surface area (TPSA) is 80.1 Å². The molecule has 1 unspecified atom stereocenters. The molecule has 0 bridgehead atoms. The Balaban J connectivity index is 2.71. The second-order valence-corrected chi connectivity index (χ2v) is 8.05. The summed E-state index contributed by atoms with van der Waals surface area (Å²) in [7, 11) is 3.16. The van der Waals surface area contributed by atoms with E-state index >= 15 is 0 Å². The van der Waals surface area contributed by atoms with Crippen LogP contribution in [0.5, 0.6) is 11.5 Å². The molecular weight excluding hydrogens is 364 g/mol. The van der Waals surface area contributed by atoms with Crippen LogP contribution in [0.15, 0.2) is 23.4 Å². The van der Waals surface area contributed by atoms with Crippen LogP contribution >= 0.6 is 11.8 Å². The summed E-state index contributed by atoms with van der Waals surface area (Å²) in [5.41, 5.74) is 3.83. The van der Waals surface area contributed by atoms with E-state index in [2.05, 4.69) is 31.4 Å². The summed E-state index contributed by atoms with van der Waals surface area (Å²) in [4.78, 5) is 11.5. The first-order valence-electron chi connectivity index (χ1n) is 9.08. The van der Waals surface area contributed by atoms with Gasteiger partial charge in [-0.1, -0.05) is 20.8 Å². The van der Waals surface area contributed by atoms with Crippen molar-refractivity contribution < 1.29 is 14.7 Å². The molecule has 2 aromatic rings. The number of benzene rings is 2. The van der Waals surface area contributed by atoms with Gasteiger partial charge in [0.25, 0.3) is 0 Å². The van der Waals surface area contributed by atoms with Crippen LogP contribution in [0.25, 0.3) is 10.8 Å². The van der Waals surface area contributed by atoms with Gasteiger partial charge in [-0.05, 0) is 47.9 Å². The van der Waals surface area contributed by atoms with Crippen molar-refractivity contribution in [3.63, 3.8) is 0 Å². The molecule has 0 heterocycles. The highest BCUT2D eigenvalue weighted by Crippen LogP contribution is 2.49. The standard InChI is InChI=1S/C20H28N2O4S/c1-6-17(27-10-9-12(2)3)13-11-16(25-4)18-14(21-23)7-8-15(22-24)19(18)20(13)26-5/h7-8,11-12,17,21,23H,6,9-10H2,1-5H3. The van der Waals surface area contributed by atoms with Crippen molar-refractivity contribution in [2.75, 3.05) is 25.5 Å². The van der Waals surface area contributed by atoms with E-state index < -0.39 is 0 Å². The average Bonchev–Trinajstić information content (AvgIpc) is 2.68. The molecule has 0 amide bonds. The number of hydrogen-bond donors (Lipinski definition) is 2. The van der Waals surface area contributed by atoms with Crippen molar-refractivity contribution in [1.29, 1.82) is 0 Å². The monoisotopic (exact) mass is 392 g/mol. The lowest BCUT2D eigenvalue weighted by molar-refractivity contribution is 0.388. The van der Waals surface area contributed by atoms with Crippen LogP contribution < -0.4 is 15.0 Å². The van der Waals surface area contributed by atoms with Crippen molar-refractivity contribution in [3.05, 3.63) is 28.7 Å². The third-order valence-corrected chi connectivity index (χ3v) is 6.04. The number of hydrogen-bond acceptors (Lipinski definition) is 7. The first-order valence-corrected chi connectivity index (χ1v) is 10.1. The van der Waals surface area contributed by atoms with Crippen LogP contribution in [0.2, 0.25) is 0 Å². The highest BCUT2D eigenvalue weighted by atomic mass is 32.2. The van der Waals surface area contributed by atoms with E-state index in [1.807, 2.05) is 17.8 Å². The van der Waals surface area contributed by atoms with E-state index in [9.17, 15) is 10.1 Å². The van der Waals surface area contributed by atoms with Gasteiger partial charge in [0, 0.05) is 10.8 Å². The number of thioether (sulfide) groups is 1. The minimum atomic E-state index is 0.197. The molecule has 0 aliphatic heterocycles. The Morgan fingerprint density at radius 1 is 1.22 bits per heavy atom. The molecule has 0 aliphatic rings. The summed E-state index contributed by atoms with van der Waals surface area (Å²) in [6.45, 7) is 6.56. The Bertz CT molecular complexity index is 795. The van der Waals surface area contributed by atoms with Crippen LogP contribution in [0.3, 0.4) is 0 Å². The molecular formula is C20H28N2O4S. The first-order chi connectivity index (χ1) is 13.0. The summed E-state index contributed by atoms with van der Waals surface area (Å²) >= 11 is 1.87. The second kappa shape index (κ2) is 9.80. The van der Waals surface area contributed by atoms with E-state index in [-0.39, 0.29) is 10.9 Å². The predicted molar refractivity (Wildman–Crippen MR) is 113 cm³/mol. The average molecular weight is 393 g/mol. The SMILES string of the molecule is CCC(SCCC(C)C)c1cc(OC)c2c(NO)ccc(N=O)c2c1OC. The summed E-state index contributed by atoms with van der Waals surface area (Å²) in [6, 6.07) is 5.09. The zero-order valence-electron chi connectivity index (χ0n) is 16.5. The van der Waals surface area contributed by atoms with Gasteiger partial charge >= 0.3 is 0 Å². The van der Waals surface area contributed by atoms with Gasteiger partial charge in [-0.25, -0.2) is 0 Å². The summed E-state index contributed by atoms with van der Waals surface area (Å²) in [5.74, 6) is 2.84. The molecule has 0 saturated heterocycles. The van der Waals surface area contributed by atoms with E-state index in [1.165, 1.54) is 0 Å². The highest BCUT2D eigenvalue weighted by Gasteiger charge is 2.24. The van der Waals surface area contributed by atoms with Crippen molar-refractivity contribution in [2.24, 2.45) is 11.1 Å². The van der Waals surface area contributed by atoms with Gasteiger partial charge in [0.2, 0.25) is 0 Å². The number of nitroso groups, excluding NO2 is 1. The van der Waals surface area contributed by atoms with Crippen molar-refractivity contribution in [1.82, 2.24) is 0 Å². The Morgan fingerprint density at radius 3 is 2.48 bits per heavy atom. The first kappa shape index (κ1) is 21.3. The van der Waals surface area contributed by atoms with Gasteiger partial charge in [0.05, 0.1) is 30.7 Å². The van der Waals surface area contributed by atoms with Gasteiger partial charge in [0.15, 0.2) is 0 Å². The largest absolute Gasteiger partial charge is 0.496 e. The Kier molecular flexibility index (Phi) is 7.74. The number of ether oxygens (including phenoxy) is 2. The van der Waals surface area contributed by atoms with Crippen molar-refractivity contribution in [2.45, 2.75) is 38.9 Å². The molecule has 0 radical (unpaired) electrons. The molecule has 2 rings (SSSR count). The Hall–Kier alpha value is -1.99. The predicted octanol–water partition coefficient (Wildman–Crippen LogP) is 6.29. The third kappa shape index (κ3) is 4.47. The van der Waals surface area contributed by atoms with Crippen LogP contribution in [0.1, 0.15) is 44.4 Å². The molecule has 0 aliphatic carbocycles. The van der Waals surface area contributed by atoms with E-state index in [4.69, 9.17) is 9.47 Å². The number of rotatable bonds is 10. The van der Waals surface area contributed by atoms with Crippen molar-refractivity contribution >= 4 is 33.9 Å². The summed E-state index contributed by atoms with van der Waals surface area (Å²) in [6.07, 6.45) is 2.05. The minimum Gasteiger partial charge on any atom is -0.496 e. The lowest BCUT2D eigenvalue weighted by Gasteiger charge is -2.22. The fourth-order valence-corrected chi connectivity index (χ4v) is 4.65.